The lowest BCUT2D eigenvalue weighted by Gasteiger charge is -2.13. The van der Waals surface area contributed by atoms with Crippen molar-refractivity contribution in [2.75, 3.05) is 0 Å². The van der Waals surface area contributed by atoms with Crippen LogP contribution in [0.15, 0.2) is 42.6 Å². The molecule has 1 atom stereocenters. The van der Waals surface area contributed by atoms with E-state index in [0.29, 0.717) is 12.1 Å². The lowest BCUT2D eigenvalue weighted by Crippen LogP contribution is -2.19. The van der Waals surface area contributed by atoms with Crippen LogP contribution in [0.3, 0.4) is 0 Å². The Morgan fingerprint density at radius 3 is 2.80 bits per heavy atom. The second-order valence-corrected chi connectivity index (χ2v) is 4.48. The van der Waals surface area contributed by atoms with E-state index in [4.69, 9.17) is 5.11 Å². The Kier molecular flexibility index (Phi) is 4.42. The molecule has 0 saturated heterocycles. The van der Waals surface area contributed by atoms with E-state index in [1.165, 1.54) is 12.1 Å². The van der Waals surface area contributed by atoms with E-state index in [0.717, 1.165) is 5.69 Å². The van der Waals surface area contributed by atoms with E-state index in [9.17, 15) is 9.18 Å². The van der Waals surface area contributed by atoms with Gasteiger partial charge >= 0.3 is 5.97 Å². The number of carboxylic acids is 1. The molecule has 0 saturated carbocycles. The molecule has 20 heavy (non-hydrogen) atoms. The van der Waals surface area contributed by atoms with Crippen molar-refractivity contribution in [3.63, 3.8) is 0 Å². The van der Waals surface area contributed by atoms with Crippen LogP contribution in [0.2, 0.25) is 0 Å². The average molecular weight is 274 g/mol. The smallest absolute Gasteiger partial charge is 0.338 e. The lowest BCUT2D eigenvalue weighted by molar-refractivity contribution is 0.0692. The van der Waals surface area contributed by atoms with Crippen molar-refractivity contribution in [2.45, 2.75) is 19.5 Å². The molecule has 0 aliphatic heterocycles. The number of carbonyl (C=O) groups is 1. The maximum atomic E-state index is 13.5. The average Bonchev–Trinajstić information content (AvgIpc) is 2.45. The van der Waals surface area contributed by atoms with Gasteiger partial charge in [-0.1, -0.05) is 12.1 Å². The molecule has 2 rings (SSSR count). The van der Waals surface area contributed by atoms with Crippen molar-refractivity contribution in [3.8, 4) is 0 Å². The molecular weight excluding hydrogens is 259 g/mol. The highest BCUT2D eigenvalue weighted by molar-refractivity contribution is 5.87. The summed E-state index contributed by atoms with van der Waals surface area (Å²) in [4.78, 5) is 15.0. The predicted octanol–water partition coefficient (Wildman–Crippen LogP) is 2.77. The van der Waals surface area contributed by atoms with Gasteiger partial charge in [0, 0.05) is 18.8 Å². The number of benzene rings is 1. The zero-order valence-corrected chi connectivity index (χ0v) is 11.0. The molecule has 2 aromatic rings. The van der Waals surface area contributed by atoms with E-state index in [2.05, 4.69) is 10.3 Å². The highest BCUT2D eigenvalue weighted by Gasteiger charge is 2.11. The van der Waals surface area contributed by atoms with Crippen LogP contribution in [0.25, 0.3) is 0 Å². The van der Waals surface area contributed by atoms with Crippen molar-refractivity contribution in [2.24, 2.45) is 0 Å². The summed E-state index contributed by atoms with van der Waals surface area (Å²) < 4.78 is 13.5. The summed E-state index contributed by atoms with van der Waals surface area (Å²) in [5, 5.41) is 12.0. The van der Waals surface area contributed by atoms with Crippen LogP contribution in [0, 0.1) is 5.82 Å². The minimum Gasteiger partial charge on any atom is -0.478 e. The normalized spacial score (nSPS) is 12.1. The van der Waals surface area contributed by atoms with Crippen LogP contribution in [-0.2, 0) is 6.54 Å². The molecule has 2 N–H and O–H groups in total. The van der Waals surface area contributed by atoms with Gasteiger partial charge in [-0.05, 0) is 36.8 Å². The Balaban J connectivity index is 2.01. The third-order valence-electron chi connectivity index (χ3n) is 3.01. The summed E-state index contributed by atoms with van der Waals surface area (Å²) in [6, 6.07) is 9.80. The van der Waals surface area contributed by atoms with Crippen LogP contribution >= 0.6 is 0 Å². The number of aromatic carboxylic acids is 1. The molecule has 1 unspecified atom stereocenters. The second kappa shape index (κ2) is 6.25. The van der Waals surface area contributed by atoms with Gasteiger partial charge in [0.1, 0.15) is 5.82 Å². The molecule has 1 heterocycles. The highest BCUT2D eigenvalue weighted by atomic mass is 19.1. The molecule has 104 valence electrons. The van der Waals surface area contributed by atoms with Gasteiger partial charge in [-0.2, -0.15) is 0 Å². The lowest BCUT2D eigenvalue weighted by atomic mass is 10.1. The summed E-state index contributed by atoms with van der Waals surface area (Å²) in [6.45, 7) is 2.40. The summed E-state index contributed by atoms with van der Waals surface area (Å²) in [6.07, 6.45) is 1.72. The van der Waals surface area contributed by atoms with Gasteiger partial charge in [-0.15, -0.1) is 0 Å². The van der Waals surface area contributed by atoms with Gasteiger partial charge in [0.2, 0.25) is 0 Å². The SMILES string of the molecule is CC(NCc1ccc(C(=O)O)c(F)c1)c1ccccn1. The monoisotopic (exact) mass is 274 g/mol. The van der Waals surface area contributed by atoms with Crippen LogP contribution in [-0.4, -0.2) is 16.1 Å². The fraction of sp³-hybridized carbons (Fsp3) is 0.200. The maximum absolute atomic E-state index is 13.5. The largest absolute Gasteiger partial charge is 0.478 e. The molecule has 0 radical (unpaired) electrons. The Morgan fingerprint density at radius 2 is 2.20 bits per heavy atom. The number of nitrogens with zero attached hydrogens (tertiary/aromatic N) is 1. The third kappa shape index (κ3) is 3.39. The Labute approximate surface area is 116 Å². The first-order valence-electron chi connectivity index (χ1n) is 6.24. The molecule has 0 bridgehead atoms. The number of nitrogens with one attached hydrogen (secondary N) is 1. The molecular formula is C15H15FN2O2. The fourth-order valence-electron chi connectivity index (χ4n) is 1.85. The van der Waals surface area contributed by atoms with Gasteiger partial charge < -0.3 is 10.4 Å². The maximum Gasteiger partial charge on any atom is 0.338 e. The van der Waals surface area contributed by atoms with E-state index >= 15 is 0 Å². The van der Waals surface area contributed by atoms with Gasteiger partial charge in [-0.25, -0.2) is 9.18 Å². The molecule has 0 amide bonds. The number of aromatic nitrogens is 1. The number of hydrogen-bond donors (Lipinski definition) is 2. The van der Waals surface area contributed by atoms with Crippen LogP contribution in [0.1, 0.15) is 34.6 Å². The number of carboxylic acid groups (broad SMARTS) is 1. The van der Waals surface area contributed by atoms with E-state index < -0.39 is 11.8 Å². The number of hydrogen-bond acceptors (Lipinski definition) is 3. The first-order chi connectivity index (χ1) is 9.58. The highest BCUT2D eigenvalue weighted by Crippen LogP contribution is 2.13. The Bertz CT molecular complexity index is 602. The Morgan fingerprint density at radius 1 is 1.40 bits per heavy atom. The summed E-state index contributed by atoms with van der Waals surface area (Å²) in [7, 11) is 0. The fourth-order valence-corrected chi connectivity index (χ4v) is 1.85. The zero-order chi connectivity index (χ0) is 14.5. The van der Waals surface area contributed by atoms with Gasteiger partial charge in [0.15, 0.2) is 0 Å². The molecule has 0 aliphatic rings. The topological polar surface area (TPSA) is 62.2 Å². The van der Waals surface area contributed by atoms with E-state index in [-0.39, 0.29) is 11.6 Å². The van der Waals surface area contributed by atoms with Crippen molar-refractivity contribution in [1.29, 1.82) is 0 Å². The molecule has 1 aromatic heterocycles. The van der Waals surface area contributed by atoms with E-state index in [1.54, 1.807) is 12.3 Å². The molecule has 0 aliphatic carbocycles. The predicted molar refractivity (Wildman–Crippen MR) is 72.9 cm³/mol. The van der Waals surface area contributed by atoms with Crippen LogP contribution < -0.4 is 5.32 Å². The third-order valence-corrected chi connectivity index (χ3v) is 3.01. The molecule has 5 heteroatoms. The van der Waals surface area contributed by atoms with Gasteiger partial charge in [0.05, 0.1) is 11.3 Å². The van der Waals surface area contributed by atoms with Crippen LogP contribution in [0.5, 0.6) is 0 Å². The molecule has 1 aromatic carbocycles. The van der Waals surface area contributed by atoms with Crippen LogP contribution in [0.4, 0.5) is 4.39 Å². The first-order valence-corrected chi connectivity index (χ1v) is 6.24. The quantitative estimate of drug-likeness (QED) is 0.880. The number of halogens is 1. The standard InChI is InChI=1S/C15H15FN2O2/c1-10(14-4-2-3-7-17-14)18-9-11-5-6-12(15(19)20)13(16)8-11/h2-8,10,18H,9H2,1H3,(H,19,20). The molecule has 0 spiro atoms. The van der Waals surface area contributed by atoms with Crippen molar-refractivity contribution in [1.82, 2.24) is 10.3 Å². The molecule has 4 nitrogen and oxygen atoms in total. The summed E-state index contributed by atoms with van der Waals surface area (Å²) in [5.41, 5.74) is 1.27. The Hall–Kier alpha value is -2.27. The summed E-state index contributed by atoms with van der Waals surface area (Å²) >= 11 is 0. The van der Waals surface area contributed by atoms with E-state index in [1.807, 2.05) is 25.1 Å². The van der Waals surface area contributed by atoms with Crippen molar-refractivity contribution < 1.29 is 14.3 Å². The summed E-state index contributed by atoms with van der Waals surface area (Å²) in [5.74, 6) is -1.98. The minimum atomic E-state index is -1.26. The first kappa shape index (κ1) is 14.1. The number of rotatable bonds is 5. The second-order valence-electron chi connectivity index (χ2n) is 4.48. The number of pyridine rings is 1. The van der Waals surface area contributed by atoms with Gasteiger partial charge in [-0.3, -0.25) is 4.98 Å². The van der Waals surface area contributed by atoms with Gasteiger partial charge in [0.25, 0.3) is 0 Å². The minimum absolute atomic E-state index is 0.0263. The van der Waals surface area contributed by atoms with Crippen molar-refractivity contribution in [3.05, 3.63) is 65.2 Å². The zero-order valence-electron chi connectivity index (χ0n) is 11.0. The molecule has 0 fully saturated rings. The van der Waals surface area contributed by atoms with Crippen molar-refractivity contribution >= 4 is 5.97 Å².